The van der Waals surface area contributed by atoms with Gasteiger partial charge in [-0.15, -0.1) is 0 Å². The maximum Gasteiger partial charge on any atom is 0.243 e. The predicted molar refractivity (Wildman–Crippen MR) is 137 cm³/mol. The van der Waals surface area contributed by atoms with Crippen LogP contribution in [0.1, 0.15) is 38.5 Å². The van der Waals surface area contributed by atoms with Gasteiger partial charge in [0.05, 0.1) is 16.9 Å². The van der Waals surface area contributed by atoms with Gasteiger partial charge in [-0.1, -0.05) is 36.4 Å². The van der Waals surface area contributed by atoms with Crippen molar-refractivity contribution in [2.24, 2.45) is 0 Å². The fourth-order valence-electron chi connectivity index (χ4n) is 5.37. The Morgan fingerprint density at radius 2 is 2.00 bits per heavy atom. The number of amides is 1. The Hall–Kier alpha value is -2.90. The number of likely N-dealkylation sites (tertiary alicyclic amines) is 1. The largest absolute Gasteiger partial charge is 0.360 e. The zero-order valence-electron chi connectivity index (χ0n) is 19.3. The summed E-state index contributed by atoms with van der Waals surface area (Å²) >= 11 is 6.50. The number of H-pyrrole nitrogens is 1. The molecule has 1 saturated heterocycles. The van der Waals surface area contributed by atoms with Gasteiger partial charge >= 0.3 is 0 Å². The molecule has 0 bridgehead atoms. The maximum absolute atomic E-state index is 11.6. The highest BCUT2D eigenvalue weighted by molar-refractivity contribution is 6.33. The van der Waals surface area contributed by atoms with Crippen LogP contribution < -0.4 is 10.6 Å². The van der Waals surface area contributed by atoms with E-state index in [0.29, 0.717) is 23.1 Å². The van der Waals surface area contributed by atoms with Gasteiger partial charge in [0.2, 0.25) is 11.9 Å². The lowest BCUT2D eigenvalue weighted by Gasteiger charge is -2.41. The molecule has 1 aliphatic carbocycles. The van der Waals surface area contributed by atoms with Crippen molar-refractivity contribution in [1.29, 1.82) is 0 Å². The first-order valence-electron chi connectivity index (χ1n) is 12.1. The number of fused-ring (bicyclic) bond motifs is 1. The molecule has 1 aliphatic heterocycles. The summed E-state index contributed by atoms with van der Waals surface area (Å²) in [5, 5.41) is 8.27. The van der Waals surface area contributed by atoms with Crippen molar-refractivity contribution in [2.75, 3.05) is 18.4 Å². The molecule has 2 atom stereocenters. The number of aromatic nitrogens is 3. The zero-order valence-corrected chi connectivity index (χ0v) is 20.0. The van der Waals surface area contributed by atoms with Crippen LogP contribution >= 0.6 is 11.6 Å². The minimum atomic E-state index is -0.0737. The highest BCUT2D eigenvalue weighted by atomic mass is 35.5. The molecule has 34 heavy (non-hydrogen) atoms. The highest BCUT2D eigenvalue weighted by Gasteiger charge is 2.30. The van der Waals surface area contributed by atoms with E-state index in [9.17, 15) is 4.79 Å². The number of piperidine rings is 1. The molecule has 1 aromatic carbocycles. The molecular weight excluding hydrogens is 448 g/mol. The molecule has 8 heteroatoms. The second kappa shape index (κ2) is 10.2. The van der Waals surface area contributed by atoms with E-state index in [2.05, 4.69) is 38.1 Å². The Morgan fingerprint density at radius 1 is 1.18 bits per heavy atom. The SMILES string of the molecule is C=CC(=O)NC1CCN(C2CCC[C@@H](Nc3ncc(Cl)c(-c4c[nH]c5ccccc45)n3)C2)CC1. The molecule has 3 heterocycles. The monoisotopic (exact) mass is 478 g/mol. The lowest BCUT2D eigenvalue weighted by Crippen LogP contribution is -2.50. The van der Waals surface area contributed by atoms with Gasteiger partial charge in [0.15, 0.2) is 0 Å². The number of aromatic amines is 1. The maximum atomic E-state index is 11.6. The van der Waals surface area contributed by atoms with Crippen molar-refractivity contribution in [1.82, 2.24) is 25.2 Å². The third-order valence-corrected chi connectivity index (χ3v) is 7.42. The Kier molecular flexibility index (Phi) is 6.83. The average molecular weight is 479 g/mol. The Bertz CT molecular complexity index is 1170. The standard InChI is InChI=1S/C26H31ClN6O/c1-2-24(34)30-17-10-12-33(13-11-17)19-7-5-6-18(14-19)31-26-29-16-22(27)25(32-26)21-15-28-23-9-4-3-8-20(21)23/h2-4,8-9,15-19,28H,1,5-7,10-14H2,(H,30,34)(H,29,31,32)/t18-,19?/m1/s1. The molecule has 2 aliphatic rings. The van der Waals surface area contributed by atoms with Crippen LogP contribution in [0.4, 0.5) is 5.95 Å². The average Bonchev–Trinajstić information content (AvgIpc) is 3.30. The number of carbonyl (C=O) groups is 1. The molecule has 5 rings (SSSR count). The van der Waals surface area contributed by atoms with E-state index in [1.165, 1.54) is 18.9 Å². The van der Waals surface area contributed by atoms with Crippen molar-refractivity contribution in [3.05, 3.63) is 54.3 Å². The lowest BCUT2D eigenvalue weighted by atomic mass is 9.88. The normalized spacial score (nSPS) is 21.9. The summed E-state index contributed by atoms with van der Waals surface area (Å²) in [4.78, 5) is 26.8. The molecule has 2 fully saturated rings. The summed E-state index contributed by atoms with van der Waals surface area (Å²) in [5.41, 5.74) is 2.79. The van der Waals surface area contributed by atoms with Gasteiger partial charge in [-0.3, -0.25) is 4.79 Å². The van der Waals surface area contributed by atoms with Gasteiger partial charge in [-0.05, 0) is 50.7 Å². The molecule has 2 aromatic heterocycles. The summed E-state index contributed by atoms with van der Waals surface area (Å²) in [6, 6.07) is 9.28. The number of rotatable bonds is 6. The fourth-order valence-corrected chi connectivity index (χ4v) is 5.56. The number of hydrogen-bond donors (Lipinski definition) is 3. The lowest BCUT2D eigenvalue weighted by molar-refractivity contribution is -0.117. The summed E-state index contributed by atoms with van der Waals surface area (Å²) in [7, 11) is 0. The third kappa shape index (κ3) is 4.95. The molecule has 7 nitrogen and oxygen atoms in total. The van der Waals surface area contributed by atoms with E-state index in [0.717, 1.165) is 60.9 Å². The molecule has 3 N–H and O–H groups in total. The summed E-state index contributed by atoms with van der Waals surface area (Å²) < 4.78 is 0. The number of halogens is 1. The van der Waals surface area contributed by atoms with Crippen molar-refractivity contribution in [2.45, 2.75) is 56.7 Å². The minimum absolute atomic E-state index is 0.0737. The van der Waals surface area contributed by atoms with Crippen LogP contribution in [0.2, 0.25) is 5.02 Å². The molecule has 1 amide bonds. The topological polar surface area (TPSA) is 85.9 Å². The van der Waals surface area contributed by atoms with E-state index in [1.807, 2.05) is 24.4 Å². The van der Waals surface area contributed by atoms with E-state index < -0.39 is 0 Å². The van der Waals surface area contributed by atoms with E-state index >= 15 is 0 Å². The molecule has 0 radical (unpaired) electrons. The number of carbonyl (C=O) groups excluding carboxylic acids is 1. The Morgan fingerprint density at radius 3 is 2.82 bits per heavy atom. The summed E-state index contributed by atoms with van der Waals surface area (Å²) in [6.07, 6.45) is 11.5. The van der Waals surface area contributed by atoms with Gasteiger partial charge in [0, 0.05) is 53.9 Å². The fraction of sp³-hybridized carbons (Fsp3) is 0.423. The number of hydrogen-bond acceptors (Lipinski definition) is 5. The van der Waals surface area contributed by atoms with Gasteiger partial charge < -0.3 is 20.5 Å². The van der Waals surface area contributed by atoms with Crippen molar-refractivity contribution in [3.8, 4) is 11.3 Å². The number of benzene rings is 1. The van der Waals surface area contributed by atoms with Gasteiger partial charge in [-0.2, -0.15) is 0 Å². The second-order valence-corrected chi connectivity index (χ2v) is 9.73. The highest BCUT2D eigenvalue weighted by Crippen LogP contribution is 2.33. The Balaban J connectivity index is 1.23. The predicted octanol–water partition coefficient (Wildman–Crippen LogP) is 4.77. The first-order valence-corrected chi connectivity index (χ1v) is 12.5. The summed E-state index contributed by atoms with van der Waals surface area (Å²) in [6.45, 7) is 5.58. The van der Waals surface area contributed by atoms with Crippen LogP contribution in [0.3, 0.4) is 0 Å². The quantitative estimate of drug-likeness (QED) is 0.444. The molecule has 0 spiro atoms. The first-order chi connectivity index (χ1) is 16.6. The van der Waals surface area contributed by atoms with E-state index in [-0.39, 0.29) is 11.9 Å². The van der Waals surface area contributed by atoms with Crippen LogP contribution in [0, 0.1) is 0 Å². The number of anilines is 1. The van der Waals surface area contributed by atoms with Crippen LogP contribution in [-0.2, 0) is 4.79 Å². The van der Waals surface area contributed by atoms with Crippen molar-refractivity contribution in [3.63, 3.8) is 0 Å². The number of para-hydroxylation sites is 1. The first kappa shape index (κ1) is 22.9. The molecule has 3 aromatic rings. The van der Waals surface area contributed by atoms with Crippen molar-refractivity contribution < 1.29 is 4.79 Å². The van der Waals surface area contributed by atoms with Gasteiger partial charge in [0.25, 0.3) is 0 Å². The molecule has 1 saturated carbocycles. The molecule has 1 unspecified atom stereocenters. The van der Waals surface area contributed by atoms with Crippen molar-refractivity contribution >= 4 is 34.4 Å². The van der Waals surface area contributed by atoms with Gasteiger partial charge in [-0.25, -0.2) is 9.97 Å². The Labute approximate surface area is 205 Å². The minimum Gasteiger partial charge on any atom is -0.360 e. The van der Waals surface area contributed by atoms with Crippen LogP contribution in [0.15, 0.2) is 49.3 Å². The summed E-state index contributed by atoms with van der Waals surface area (Å²) in [5.74, 6) is 0.552. The zero-order chi connectivity index (χ0) is 23.5. The van der Waals surface area contributed by atoms with Crippen LogP contribution in [0.5, 0.6) is 0 Å². The second-order valence-electron chi connectivity index (χ2n) is 9.32. The number of nitrogens with zero attached hydrogens (tertiary/aromatic N) is 3. The molecular formula is C26H31ClN6O. The van der Waals surface area contributed by atoms with Gasteiger partial charge in [0.1, 0.15) is 0 Å². The van der Waals surface area contributed by atoms with Crippen LogP contribution in [0.25, 0.3) is 22.2 Å². The van der Waals surface area contributed by atoms with E-state index in [4.69, 9.17) is 16.6 Å². The number of nitrogens with one attached hydrogen (secondary N) is 3. The molecule has 178 valence electrons. The van der Waals surface area contributed by atoms with E-state index in [1.54, 1.807) is 6.20 Å². The smallest absolute Gasteiger partial charge is 0.243 e. The third-order valence-electron chi connectivity index (χ3n) is 7.15. The van der Waals surface area contributed by atoms with Crippen LogP contribution in [-0.4, -0.2) is 57.0 Å².